The minimum absolute atomic E-state index is 0.355. The molecule has 2 heterocycles. The molecular weight excluding hydrogens is 352 g/mol. The van der Waals surface area contributed by atoms with Gasteiger partial charge in [-0.1, -0.05) is 6.07 Å². The number of hydrogen-bond acceptors (Lipinski definition) is 6. The van der Waals surface area contributed by atoms with Crippen LogP contribution in [0.25, 0.3) is 0 Å². The topological polar surface area (TPSA) is 75.6 Å². The Bertz CT molecular complexity index is 907. The maximum atomic E-state index is 12.9. The van der Waals surface area contributed by atoms with Crippen molar-refractivity contribution >= 4 is 15.8 Å². The van der Waals surface area contributed by atoms with Crippen LogP contribution in [0.15, 0.2) is 29.2 Å². The summed E-state index contributed by atoms with van der Waals surface area (Å²) in [5.74, 6) is 1.90. The summed E-state index contributed by atoms with van der Waals surface area (Å²) in [6.07, 6.45) is 0. The molecule has 0 bridgehead atoms. The summed E-state index contributed by atoms with van der Waals surface area (Å²) in [6, 6.07) is 7.06. The number of anilines is 1. The Morgan fingerprint density at radius 1 is 0.962 bits per heavy atom. The van der Waals surface area contributed by atoms with E-state index in [0.29, 0.717) is 42.8 Å². The number of benzene rings is 1. The van der Waals surface area contributed by atoms with E-state index in [1.165, 1.54) is 0 Å². The van der Waals surface area contributed by atoms with E-state index in [9.17, 15) is 8.42 Å². The summed E-state index contributed by atoms with van der Waals surface area (Å²) >= 11 is 0. The zero-order valence-electron chi connectivity index (χ0n) is 15.6. The third kappa shape index (κ3) is 3.66. The lowest BCUT2D eigenvalue weighted by Crippen LogP contribution is -2.49. The van der Waals surface area contributed by atoms with E-state index in [0.717, 1.165) is 16.9 Å². The summed E-state index contributed by atoms with van der Waals surface area (Å²) < 4.78 is 32.6. The van der Waals surface area contributed by atoms with Gasteiger partial charge in [-0.15, -0.1) is 0 Å². The molecule has 0 atom stereocenters. The van der Waals surface area contributed by atoms with Crippen LogP contribution < -0.4 is 9.64 Å². The fourth-order valence-electron chi connectivity index (χ4n) is 2.97. The van der Waals surface area contributed by atoms with E-state index in [2.05, 4.69) is 14.9 Å². The van der Waals surface area contributed by atoms with Crippen molar-refractivity contribution < 1.29 is 13.2 Å². The lowest BCUT2D eigenvalue weighted by molar-refractivity contribution is 0.380. The molecular formula is C18H24N4O3S. The number of aryl methyl sites for hydroxylation is 3. The molecule has 140 valence electrons. The molecule has 3 rings (SSSR count). The number of aromatic nitrogens is 2. The van der Waals surface area contributed by atoms with Crippen LogP contribution in [0.4, 0.5) is 5.82 Å². The molecule has 1 aromatic heterocycles. The van der Waals surface area contributed by atoms with Crippen LogP contribution >= 0.6 is 0 Å². The van der Waals surface area contributed by atoms with Crippen LogP contribution in [-0.4, -0.2) is 56.0 Å². The monoisotopic (exact) mass is 376 g/mol. The molecule has 0 radical (unpaired) electrons. The summed E-state index contributed by atoms with van der Waals surface area (Å²) in [6.45, 7) is 7.70. The quantitative estimate of drug-likeness (QED) is 0.812. The van der Waals surface area contributed by atoms with Gasteiger partial charge in [0, 0.05) is 32.2 Å². The van der Waals surface area contributed by atoms with E-state index in [1.807, 2.05) is 26.8 Å². The Hall–Kier alpha value is -2.19. The summed E-state index contributed by atoms with van der Waals surface area (Å²) in [7, 11) is -1.91. The maximum Gasteiger partial charge on any atom is 0.243 e. The Morgan fingerprint density at radius 2 is 1.65 bits per heavy atom. The lowest BCUT2D eigenvalue weighted by Gasteiger charge is -2.34. The zero-order valence-corrected chi connectivity index (χ0v) is 16.4. The highest BCUT2D eigenvalue weighted by Crippen LogP contribution is 2.23. The SMILES string of the molecule is COc1cc(N2CCN(S(=O)(=O)c3ccc(C)c(C)c3)CC2)nc(C)n1. The zero-order chi connectivity index (χ0) is 18.9. The van der Waals surface area contributed by atoms with Gasteiger partial charge >= 0.3 is 0 Å². The van der Waals surface area contributed by atoms with Crippen LogP contribution in [-0.2, 0) is 10.0 Å². The average Bonchev–Trinajstić information content (AvgIpc) is 2.63. The van der Waals surface area contributed by atoms with E-state index in [4.69, 9.17) is 4.74 Å². The molecule has 0 N–H and O–H groups in total. The predicted molar refractivity (Wildman–Crippen MR) is 100 cm³/mol. The molecule has 0 unspecified atom stereocenters. The highest BCUT2D eigenvalue weighted by molar-refractivity contribution is 7.89. The fourth-order valence-corrected chi connectivity index (χ4v) is 4.48. The van der Waals surface area contributed by atoms with Crippen LogP contribution in [0.2, 0.25) is 0 Å². The highest BCUT2D eigenvalue weighted by Gasteiger charge is 2.29. The molecule has 1 aliphatic heterocycles. The van der Waals surface area contributed by atoms with Gasteiger partial charge in [-0.25, -0.2) is 13.4 Å². The largest absolute Gasteiger partial charge is 0.481 e. The molecule has 8 heteroatoms. The molecule has 0 saturated carbocycles. The first kappa shape index (κ1) is 18.6. The Kier molecular flexibility index (Phi) is 5.15. The second-order valence-corrected chi connectivity index (χ2v) is 8.39. The molecule has 26 heavy (non-hydrogen) atoms. The second-order valence-electron chi connectivity index (χ2n) is 6.45. The van der Waals surface area contributed by atoms with Crippen LogP contribution in [0.1, 0.15) is 17.0 Å². The number of nitrogens with zero attached hydrogens (tertiary/aromatic N) is 4. The van der Waals surface area contributed by atoms with E-state index >= 15 is 0 Å². The molecule has 1 aromatic carbocycles. The summed E-state index contributed by atoms with van der Waals surface area (Å²) in [5, 5.41) is 0. The van der Waals surface area contributed by atoms with Crippen molar-refractivity contribution in [3.05, 3.63) is 41.2 Å². The smallest absolute Gasteiger partial charge is 0.243 e. The molecule has 7 nitrogen and oxygen atoms in total. The summed E-state index contributed by atoms with van der Waals surface area (Å²) in [5.41, 5.74) is 2.06. The van der Waals surface area contributed by atoms with Gasteiger partial charge in [0.1, 0.15) is 11.6 Å². The van der Waals surface area contributed by atoms with Crippen molar-refractivity contribution in [2.75, 3.05) is 38.2 Å². The third-order valence-electron chi connectivity index (χ3n) is 4.69. The molecule has 1 aliphatic rings. The summed E-state index contributed by atoms with van der Waals surface area (Å²) in [4.78, 5) is 11.0. The highest BCUT2D eigenvalue weighted by atomic mass is 32.2. The van der Waals surface area contributed by atoms with Crippen molar-refractivity contribution in [1.82, 2.24) is 14.3 Å². The Balaban J connectivity index is 1.75. The van der Waals surface area contributed by atoms with Crippen LogP contribution in [0, 0.1) is 20.8 Å². The maximum absolute atomic E-state index is 12.9. The van der Waals surface area contributed by atoms with Gasteiger partial charge in [0.25, 0.3) is 0 Å². The molecule has 0 amide bonds. The molecule has 1 saturated heterocycles. The molecule has 0 aliphatic carbocycles. The van der Waals surface area contributed by atoms with Gasteiger partial charge in [-0.2, -0.15) is 9.29 Å². The second kappa shape index (κ2) is 7.20. The van der Waals surface area contributed by atoms with E-state index in [1.54, 1.807) is 29.6 Å². The standard InChI is InChI=1S/C18H24N4O3S/c1-13-5-6-16(11-14(13)2)26(23,24)22-9-7-21(8-10-22)17-12-18(25-4)20-15(3)19-17/h5-6,11-12H,7-10H2,1-4H3. The number of methoxy groups -OCH3 is 1. The Morgan fingerprint density at radius 3 is 2.27 bits per heavy atom. The van der Waals surface area contributed by atoms with E-state index in [-0.39, 0.29) is 0 Å². The van der Waals surface area contributed by atoms with Crippen molar-refractivity contribution in [2.45, 2.75) is 25.7 Å². The van der Waals surface area contributed by atoms with Crippen LogP contribution in [0.3, 0.4) is 0 Å². The number of ether oxygens (including phenoxy) is 1. The molecule has 2 aromatic rings. The van der Waals surface area contributed by atoms with E-state index < -0.39 is 10.0 Å². The van der Waals surface area contributed by atoms with Crippen molar-refractivity contribution in [1.29, 1.82) is 0 Å². The van der Waals surface area contributed by atoms with Crippen molar-refractivity contribution in [3.63, 3.8) is 0 Å². The van der Waals surface area contributed by atoms with Gasteiger partial charge in [0.15, 0.2) is 0 Å². The number of hydrogen-bond donors (Lipinski definition) is 0. The normalized spacial score (nSPS) is 15.9. The Labute approximate surface area is 154 Å². The molecule has 0 spiro atoms. The first-order chi connectivity index (χ1) is 12.3. The van der Waals surface area contributed by atoms with Gasteiger partial charge < -0.3 is 9.64 Å². The minimum Gasteiger partial charge on any atom is -0.481 e. The lowest BCUT2D eigenvalue weighted by atomic mass is 10.1. The predicted octanol–water partition coefficient (Wildman–Crippen LogP) is 1.92. The van der Waals surface area contributed by atoms with Crippen LogP contribution in [0.5, 0.6) is 5.88 Å². The fraction of sp³-hybridized carbons (Fsp3) is 0.444. The van der Waals surface area contributed by atoms with Gasteiger partial charge in [-0.3, -0.25) is 0 Å². The number of rotatable bonds is 4. The first-order valence-electron chi connectivity index (χ1n) is 8.53. The number of sulfonamides is 1. The average molecular weight is 376 g/mol. The minimum atomic E-state index is -3.48. The van der Waals surface area contributed by atoms with Gasteiger partial charge in [-0.05, 0) is 44.0 Å². The first-order valence-corrected chi connectivity index (χ1v) is 9.97. The number of piperazine rings is 1. The third-order valence-corrected chi connectivity index (χ3v) is 6.58. The van der Waals surface area contributed by atoms with Crippen molar-refractivity contribution in [3.8, 4) is 5.88 Å². The molecule has 1 fully saturated rings. The van der Waals surface area contributed by atoms with Crippen molar-refractivity contribution in [2.24, 2.45) is 0 Å². The van der Waals surface area contributed by atoms with Gasteiger partial charge in [0.2, 0.25) is 15.9 Å². The van der Waals surface area contributed by atoms with Gasteiger partial charge in [0.05, 0.1) is 12.0 Å².